The number of hydrogen-bond donors (Lipinski definition) is 0. The van der Waals surface area contributed by atoms with Crippen LogP contribution in [0.2, 0.25) is 0 Å². The molecule has 13 heteroatoms. The third-order valence-corrected chi connectivity index (χ3v) is 6.29. The quantitative estimate of drug-likeness (QED) is 0.558. The van der Waals surface area contributed by atoms with Gasteiger partial charge in [-0.3, -0.25) is 19.1 Å². The maximum Gasteiger partial charge on any atom is 0.455 e. The molecule has 7 nitrogen and oxygen atoms in total. The number of sulfone groups is 1. The van der Waals surface area contributed by atoms with Crippen LogP contribution in [0.5, 0.6) is 0 Å². The van der Waals surface area contributed by atoms with E-state index in [1.807, 2.05) is 0 Å². The summed E-state index contributed by atoms with van der Waals surface area (Å²) in [5.41, 5.74) is -1.37. The van der Waals surface area contributed by atoms with E-state index in [2.05, 4.69) is 9.97 Å². The molecule has 0 fully saturated rings. The van der Waals surface area contributed by atoms with E-state index in [1.165, 1.54) is 38.4 Å². The normalized spacial score (nSPS) is 13.2. The predicted octanol–water partition coefficient (Wildman–Crippen LogP) is 2.79. The highest BCUT2D eigenvalue weighted by molar-refractivity contribution is 7.91. The maximum atomic E-state index is 13.5. The van der Waals surface area contributed by atoms with Gasteiger partial charge >= 0.3 is 17.8 Å². The van der Waals surface area contributed by atoms with Crippen LogP contribution in [0.15, 0.2) is 40.3 Å². The van der Waals surface area contributed by atoms with Gasteiger partial charge in [-0.1, -0.05) is 6.92 Å². The Morgan fingerprint density at radius 1 is 1.10 bits per heavy atom. The van der Waals surface area contributed by atoms with Gasteiger partial charge in [-0.25, -0.2) is 13.2 Å². The zero-order valence-electron chi connectivity index (χ0n) is 15.6. The van der Waals surface area contributed by atoms with Gasteiger partial charge in [0, 0.05) is 13.2 Å². The van der Waals surface area contributed by atoms with E-state index in [9.17, 15) is 35.2 Å². The Kier molecular flexibility index (Phi) is 5.21. The van der Waals surface area contributed by atoms with Gasteiger partial charge in [0.1, 0.15) is 12.2 Å². The molecule has 3 heterocycles. The summed E-state index contributed by atoms with van der Waals surface area (Å²) in [6.07, 6.45) is -3.57. The lowest BCUT2D eigenvalue weighted by molar-refractivity contribution is -0.286. The van der Waals surface area contributed by atoms with Crippen LogP contribution in [0.3, 0.4) is 0 Å². The number of alkyl halides is 5. The van der Waals surface area contributed by atoms with Crippen molar-refractivity contribution in [1.29, 1.82) is 0 Å². The number of halogens is 5. The number of imidazole rings is 1. The molecule has 0 aromatic carbocycles. The van der Waals surface area contributed by atoms with Crippen molar-refractivity contribution in [3.63, 3.8) is 0 Å². The largest absolute Gasteiger partial charge is 0.455 e. The fourth-order valence-electron chi connectivity index (χ4n) is 2.86. The number of pyridine rings is 2. The third-order valence-electron chi connectivity index (χ3n) is 4.53. The van der Waals surface area contributed by atoms with Crippen molar-refractivity contribution in [1.82, 2.24) is 19.1 Å². The molecule has 30 heavy (non-hydrogen) atoms. The van der Waals surface area contributed by atoms with Crippen LogP contribution in [0.25, 0.3) is 22.4 Å². The Balaban J connectivity index is 2.20. The first-order valence-electron chi connectivity index (χ1n) is 8.48. The fourth-order valence-corrected chi connectivity index (χ4v) is 3.91. The van der Waals surface area contributed by atoms with Gasteiger partial charge in [0.2, 0.25) is 0 Å². The number of aromatic nitrogens is 4. The van der Waals surface area contributed by atoms with Gasteiger partial charge in [0.15, 0.2) is 9.84 Å². The molecule has 0 unspecified atom stereocenters. The van der Waals surface area contributed by atoms with Crippen molar-refractivity contribution in [2.75, 3.05) is 5.75 Å². The zero-order chi connectivity index (χ0) is 22.5. The van der Waals surface area contributed by atoms with Crippen LogP contribution >= 0.6 is 0 Å². The lowest BCUT2D eigenvalue weighted by atomic mass is 10.2. The van der Waals surface area contributed by atoms with Crippen LogP contribution in [0.4, 0.5) is 22.0 Å². The first-order valence-corrected chi connectivity index (χ1v) is 10.1. The van der Waals surface area contributed by atoms with E-state index < -0.39 is 34.2 Å². The molecule has 3 aromatic rings. The maximum absolute atomic E-state index is 13.5. The van der Waals surface area contributed by atoms with Crippen molar-refractivity contribution in [2.24, 2.45) is 7.05 Å². The molecule has 0 aliphatic heterocycles. The molecule has 0 amide bonds. The summed E-state index contributed by atoms with van der Waals surface area (Å²) in [5.74, 6) is -5.34. The van der Waals surface area contributed by atoms with Crippen molar-refractivity contribution in [2.45, 2.75) is 30.5 Å². The molecule has 0 bridgehead atoms. The molecule has 0 aliphatic carbocycles. The smallest absolute Gasteiger partial charge is 0.295 e. The van der Waals surface area contributed by atoms with Gasteiger partial charge in [0.05, 0.1) is 33.6 Å². The summed E-state index contributed by atoms with van der Waals surface area (Å²) in [5, 5.41) is 0. The Hall–Kier alpha value is -2.83. The Bertz CT molecular complexity index is 1280. The average molecular weight is 450 g/mol. The standard InChI is InChI=1S/C17H15F5N4O3S/c1-3-30(28,29)13-5-4-6-23-14(13)10-7-11-12(8-24-10)26(15(27)25(11)2)9-16(18,19)17(20,21)22/h4-8H,3,9H2,1-2H3. The average Bonchev–Trinajstić information content (AvgIpc) is 2.91. The summed E-state index contributed by atoms with van der Waals surface area (Å²) >= 11 is 0. The minimum absolute atomic E-state index is 0.00604. The Morgan fingerprint density at radius 3 is 2.37 bits per heavy atom. The second kappa shape index (κ2) is 7.15. The van der Waals surface area contributed by atoms with Crippen LogP contribution in [0, 0.1) is 0 Å². The van der Waals surface area contributed by atoms with E-state index in [1.54, 1.807) is 0 Å². The second-order valence-electron chi connectivity index (χ2n) is 6.44. The Labute approximate surface area is 166 Å². The topological polar surface area (TPSA) is 86.8 Å². The van der Waals surface area contributed by atoms with Crippen molar-refractivity contribution in [3.05, 3.63) is 41.1 Å². The number of nitrogens with zero attached hydrogens (tertiary/aromatic N) is 4. The molecule has 0 spiro atoms. The molecular weight excluding hydrogens is 435 g/mol. The summed E-state index contributed by atoms with van der Waals surface area (Å²) in [6, 6.07) is 3.95. The summed E-state index contributed by atoms with van der Waals surface area (Å²) in [7, 11) is -2.49. The molecule has 0 saturated carbocycles. The van der Waals surface area contributed by atoms with Crippen LogP contribution < -0.4 is 5.69 Å². The van der Waals surface area contributed by atoms with Crippen LogP contribution in [0.1, 0.15) is 6.92 Å². The van der Waals surface area contributed by atoms with Gasteiger partial charge in [-0.2, -0.15) is 22.0 Å². The van der Waals surface area contributed by atoms with Crippen LogP contribution in [-0.2, 0) is 23.4 Å². The summed E-state index contributed by atoms with van der Waals surface area (Å²) < 4.78 is 90.6. The van der Waals surface area contributed by atoms with E-state index in [-0.39, 0.29) is 37.6 Å². The lowest BCUT2D eigenvalue weighted by Gasteiger charge is -2.19. The molecule has 162 valence electrons. The first-order chi connectivity index (χ1) is 13.8. The molecule has 3 rings (SSSR count). The number of aryl methyl sites for hydroxylation is 1. The van der Waals surface area contributed by atoms with E-state index in [4.69, 9.17) is 0 Å². The van der Waals surface area contributed by atoms with E-state index in [0.29, 0.717) is 0 Å². The molecule has 0 N–H and O–H groups in total. The lowest BCUT2D eigenvalue weighted by Crippen LogP contribution is -2.42. The number of hydrogen-bond acceptors (Lipinski definition) is 5. The first kappa shape index (κ1) is 21.9. The van der Waals surface area contributed by atoms with Gasteiger partial charge < -0.3 is 0 Å². The molecule has 0 aliphatic rings. The monoisotopic (exact) mass is 450 g/mol. The minimum atomic E-state index is -5.83. The van der Waals surface area contributed by atoms with Gasteiger partial charge in [-0.05, 0) is 18.2 Å². The van der Waals surface area contributed by atoms with Crippen molar-refractivity contribution >= 4 is 20.9 Å². The van der Waals surface area contributed by atoms with Crippen molar-refractivity contribution in [3.8, 4) is 11.4 Å². The summed E-state index contributed by atoms with van der Waals surface area (Å²) in [4.78, 5) is 20.2. The van der Waals surface area contributed by atoms with Crippen molar-refractivity contribution < 1.29 is 30.4 Å². The predicted molar refractivity (Wildman–Crippen MR) is 96.9 cm³/mol. The Morgan fingerprint density at radius 2 is 1.77 bits per heavy atom. The number of fused-ring (bicyclic) bond motifs is 1. The molecule has 0 atom stereocenters. The second-order valence-corrected chi connectivity index (χ2v) is 8.69. The third kappa shape index (κ3) is 3.57. The SMILES string of the molecule is CCS(=O)(=O)c1cccnc1-c1cc2c(cn1)n(CC(F)(F)C(F)(F)F)c(=O)n2C. The number of rotatable bonds is 5. The fraction of sp³-hybridized carbons (Fsp3) is 0.353. The highest BCUT2D eigenvalue weighted by Crippen LogP contribution is 2.37. The van der Waals surface area contributed by atoms with E-state index in [0.717, 1.165) is 10.8 Å². The summed E-state index contributed by atoms with van der Waals surface area (Å²) in [6.45, 7) is -0.472. The zero-order valence-corrected chi connectivity index (χ0v) is 16.4. The molecule has 0 radical (unpaired) electrons. The highest BCUT2D eigenvalue weighted by Gasteiger charge is 2.58. The van der Waals surface area contributed by atoms with Gasteiger partial charge in [-0.15, -0.1) is 0 Å². The minimum Gasteiger partial charge on any atom is -0.295 e. The highest BCUT2D eigenvalue weighted by atomic mass is 32.2. The van der Waals surface area contributed by atoms with E-state index >= 15 is 0 Å². The van der Waals surface area contributed by atoms with Gasteiger partial charge in [0.25, 0.3) is 0 Å². The molecular formula is C17H15F5N4O3S. The molecule has 3 aromatic heterocycles. The molecule has 0 saturated heterocycles. The van der Waals surface area contributed by atoms with Crippen LogP contribution in [-0.4, -0.2) is 45.4 Å².